The Hall–Kier alpha value is -4.12. The lowest BCUT2D eigenvalue weighted by molar-refractivity contribution is 0.0777. The Kier molecular flexibility index (Phi) is 13.4. The number of allylic oxidation sites excluding steroid dienone is 3. The molecular formula is C40H51ClN4O6. The van der Waals surface area contributed by atoms with Crippen molar-refractivity contribution < 1.29 is 28.5 Å². The van der Waals surface area contributed by atoms with Crippen molar-refractivity contribution >= 4 is 29.4 Å². The van der Waals surface area contributed by atoms with Gasteiger partial charge in [-0.25, -0.2) is 4.98 Å². The molecule has 1 atom stereocenters. The average Bonchev–Trinajstić information content (AvgIpc) is 3.78. The molecule has 3 heterocycles. The number of benzene rings is 2. The van der Waals surface area contributed by atoms with E-state index in [2.05, 4.69) is 22.0 Å². The number of Topliss-reactive ketones (excluding diaryl/α,β-unsaturated/α-hetero) is 1. The first-order valence-electron chi connectivity index (χ1n) is 17.8. The summed E-state index contributed by atoms with van der Waals surface area (Å²) in [6.07, 6.45) is 12.9. The Bertz CT molecular complexity index is 1670. The first-order chi connectivity index (χ1) is 24.8. The van der Waals surface area contributed by atoms with Crippen LogP contribution in [0.2, 0.25) is 5.02 Å². The van der Waals surface area contributed by atoms with Gasteiger partial charge in [0.25, 0.3) is 5.91 Å². The summed E-state index contributed by atoms with van der Waals surface area (Å²) >= 11 is 6.31. The number of carbonyl (C=O) groups excluding carboxylic acids is 2. The van der Waals surface area contributed by atoms with Crippen molar-refractivity contribution in [2.24, 2.45) is 5.92 Å². The minimum absolute atomic E-state index is 0.0786. The molecule has 1 aromatic heterocycles. The summed E-state index contributed by atoms with van der Waals surface area (Å²) in [5, 5.41) is 0.684. The van der Waals surface area contributed by atoms with E-state index in [9.17, 15) is 9.59 Å². The van der Waals surface area contributed by atoms with Gasteiger partial charge >= 0.3 is 0 Å². The predicted molar refractivity (Wildman–Crippen MR) is 200 cm³/mol. The fourth-order valence-corrected chi connectivity index (χ4v) is 7.44. The maximum atomic E-state index is 13.9. The zero-order chi connectivity index (χ0) is 36.4. The number of likely N-dealkylation sites (tertiary alicyclic amines) is 2. The fourth-order valence-electron chi connectivity index (χ4n) is 7.31. The van der Waals surface area contributed by atoms with Crippen LogP contribution in [-0.4, -0.2) is 98.3 Å². The molecule has 3 aromatic rings. The maximum Gasteiger partial charge on any atom is 0.254 e. The van der Waals surface area contributed by atoms with Crippen LogP contribution in [0, 0.1) is 5.92 Å². The summed E-state index contributed by atoms with van der Waals surface area (Å²) in [7, 11) is 4.64. The van der Waals surface area contributed by atoms with Gasteiger partial charge in [-0.3, -0.25) is 9.59 Å². The third-order valence-corrected chi connectivity index (χ3v) is 10.5. The van der Waals surface area contributed by atoms with E-state index >= 15 is 0 Å². The number of amides is 1. The second-order valence-corrected chi connectivity index (χ2v) is 13.6. The van der Waals surface area contributed by atoms with Crippen LogP contribution < -0.4 is 14.2 Å². The second-order valence-electron chi connectivity index (χ2n) is 13.1. The van der Waals surface area contributed by atoms with Crippen molar-refractivity contribution in [1.82, 2.24) is 19.4 Å². The molecule has 2 fully saturated rings. The van der Waals surface area contributed by atoms with Crippen LogP contribution in [0.4, 0.5) is 0 Å². The largest absolute Gasteiger partial charge is 0.493 e. The van der Waals surface area contributed by atoms with Gasteiger partial charge in [0.1, 0.15) is 0 Å². The third-order valence-electron chi connectivity index (χ3n) is 10.2. The minimum atomic E-state index is -0.240. The normalized spacial score (nSPS) is 18.6. The summed E-state index contributed by atoms with van der Waals surface area (Å²) in [5.41, 5.74) is 2.32. The fraction of sp³-hybridized carbons (Fsp3) is 0.475. The number of aromatic nitrogens is 2. The average molecular weight is 719 g/mol. The molecule has 2 aliphatic rings. The molecular weight excluding hydrogens is 668 g/mol. The Morgan fingerprint density at radius 2 is 1.69 bits per heavy atom. The van der Waals surface area contributed by atoms with Crippen molar-refractivity contribution in [3.63, 3.8) is 0 Å². The number of methoxy groups -OCH3 is 3. The summed E-state index contributed by atoms with van der Waals surface area (Å²) in [6.45, 7) is 9.39. The van der Waals surface area contributed by atoms with Crippen LogP contribution in [0.5, 0.6) is 17.2 Å². The smallest absolute Gasteiger partial charge is 0.254 e. The molecule has 0 spiro atoms. The topological polar surface area (TPSA) is 95.4 Å². The van der Waals surface area contributed by atoms with Gasteiger partial charge in [-0.1, -0.05) is 42.0 Å². The highest BCUT2D eigenvalue weighted by Crippen LogP contribution is 2.42. The lowest BCUT2D eigenvalue weighted by atomic mass is 9.76. The van der Waals surface area contributed by atoms with E-state index in [-0.39, 0.29) is 23.0 Å². The van der Waals surface area contributed by atoms with Gasteiger partial charge in [0.15, 0.2) is 17.3 Å². The van der Waals surface area contributed by atoms with Crippen LogP contribution >= 0.6 is 11.6 Å². The number of ketones is 1. The van der Waals surface area contributed by atoms with Crippen molar-refractivity contribution in [2.75, 3.05) is 67.3 Å². The summed E-state index contributed by atoms with van der Waals surface area (Å²) < 4.78 is 24.1. The molecule has 0 saturated carbocycles. The standard InChI is InChI=1S/C40H51ClN4O6/c1-6-8-9-10-33-27-42-38(45(33)23-24-51-7-2)36(46)29-15-19-43(20-16-29)21-17-40(31-11-13-32(41)14-12-31)18-22-44(28-40)39(47)30-25-34(48-3)37(50-5)35(26-30)49-4/h6,8-14,25-27,29H,7,15-24,28H2,1-5H3/b8-6+,10-9+. The summed E-state index contributed by atoms with van der Waals surface area (Å²) in [5.74, 6) is 1.80. The Labute approximate surface area is 307 Å². The van der Waals surface area contributed by atoms with E-state index in [0.29, 0.717) is 66.5 Å². The van der Waals surface area contributed by atoms with Crippen molar-refractivity contribution in [3.05, 3.63) is 88.5 Å². The Morgan fingerprint density at radius 1 is 0.980 bits per heavy atom. The lowest BCUT2D eigenvalue weighted by Crippen LogP contribution is -2.41. The molecule has 10 nitrogen and oxygen atoms in total. The van der Waals surface area contributed by atoms with E-state index in [1.165, 1.54) is 5.56 Å². The molecule has 0 radical (unpaired) electrons. The summed E-state index contributed by atoms with van der Waals surface area (Å²) in [4.78, 5) is 36.7. The highest BCUT2D eigenvalue weighted by Gasteiger charge is 2.42. The van der Waals surface area contributed by atoms with Crippen molar-refractivity contribution in [1.29, 1.82) is 0 Å². The Balaban J connectivity index is 1.27. The van der Waals surface area contributed by atoms with E-state index in [1.807, 2.05) is 59.8 Å². The molecule has 5 rings (SSSR count). The van der Waals surface area contributed by atoms with Gasteiger partial charge in [0, 0.05) is 48.2 Å². The maximum absolute atomic E-state index is 13.9. The molecule has 0 aliphatic carbocycles. The quantitative estimate of drug-likeness (QED) is 0.0892. The number of hydrogen-bond acceptors (Lipinski definition) is 8. The van der Waals surface area contributed by atoms with Gasteiger partial charge in [-0.05, 0) is 95.1 Å². The monoisotopic (exact) mass is 718 g/mol. The Morgan fingerprint density at radius 3 is 2.31 bits per heavy atom. The third kappa shape index (κ3) is 8.86. The number of piperidine rings is 1. The van der Waals surface area contributed by atoms with Crippen LogP contribution in [0.15, 0.2) is 60.8 Å². The van der Waals surface area contributed by atoms with E-state index in [1.54, 1.807) is 39.7 Å². The van der Waals surface area contributed by atoms with Gasteiger partial charge in [-0.2, -0.15) is 0 Å². The predicted octanol–water partition coefficient (Wildman–Crippen LogP) is 6.96. The minimum Gasteiger partial charge on any atom is -0.493 e. The number of ether oxygens (including phenoxy) is 4. The van der Waals surface area contributed by atoms with Gasteiger partial charge in [0.2, 0.25) is 11.5 Å². The van der Waals surface area contributed by atoms with E-state index in [4.69, 9.17) is 30.5 Å². The number of imidazole rings is 1. The molecule has 11 heteroatoms. The van der Waals surface area contributed by atoms with Gasteiger partial charge in [0.05, 0.1) is 39.8 Å². The highest BCUT2D eigenvalue weighted by atomic mass is 35.5. The molecule has 1 unspecified atom stereocenters. The molecule has 1 amide bonds. The highest BCUT2D eigenvalue weighted by molar-refractivity contribution is 6.30. The SMILES string of the molecule is C/C=C/C=C/c1cnc(C(=O)C2CCN(CCC3(c4ccc(Cl)cc4)CCN(C(=O)c4cc(OC)c(OC)c(OC)c4)C3)CC2)n1CCOCC. The molecule has 0 bridgehead atoms. The van der Waals surface area contributed by atoms with Crippen LogP contribution in [0.3, 0.4) is 0 Å². The zero-order valence-electron chi connectivity index (χ0n) is 30.5. The zero-order valence-corrected chi connectivity index (χ0v) is 31.3. The number of hydrogen-bond donors (Lipinski definition) is 0. The molecule has 2 aromatic carbocycles. The summed E-state index contributed by atoms with van der Waals surface area (Å²) in [6, 6.07) is 11.5. The van der Waals surface area contributed by atoms with Gasteiger partial charge in [-0.15, -0.1) is 0 Å². The molecule has 274 valence electrons. The van der Waals surface area contributed by atoms with Crippen molar-refractivity contribution in [2.45, 2.75) is 51.5 Å². The van der Waals surface area contributed by atoms with Crippen molar-refractivity contribution in [3.8, 4) is 17.2 Å². The van der Waals surface area contributed by atoms with Crippen LogP contribution in [0.25, 0.3) is 6.08 Å². The lowest BCUT2D eigenvalue weighted by Gasteiger charge is -2.36. The number of carbonyl (C=O) groups is 2. The van der Waals surface area contributed by atoms with Gasteiger partial charge < -0.3 is 33.3 Å². The first-order valence-corrected chi connectivity index (χ1v) is 18.2. The van der Waals surface area contributed by atoms with Crippen LogP contribution in [0.1, 0.15) is 71.8 Å². The molecule has 2 saturated heterocycles. The van der Waals surface area contributed by atoms with E-state index < -0.39 is 0 Å². The second kappa shape index (κ2) is 17.9. The van der Waals surface area contributed by atoms with E-state index in [0.717, 1.165) is 51.0 Å². The molecule has 0 N–H and O–H groups in total. The molecule has 51 heavy (non-hydrogen) atoms. The van der Waals surface area contributed by atoms with Crippen LogP contribution in [-0.2, 0) is 16.7 Å². The number of nitrogens with zero attached hydrogens (tertiary/aromatic N) is 4. The number of rotatable bonds is 16. The molecule has 2 aliphatic heterocycles. The number of halogens is 1. The first kappa shape index (κ1) is 38.1.